The molecule has 0 radical (unpaired) electrons. The number of hydrogen-bond donors (Lipinski definition) is 1. The first-order chi connectivity index (χ1) is 6.79. The lowest BCUT2D eigenvalue weighted by molar-refractivity contribution is 0.164. The van der Waals surface area contributed by atoms with Crippen LogP contribution in [0.1, 0.15) is 0 Å². The van der Waals surface area contributed by atoms with Crippen LogP contribution in [0.5, 0.6) is 0 Å². The summed E-state index contributed by atoms with van der Waals surface area (Å²) in [5.41, 5.74) is 4.80. The van der Waals surface area contributed by atoms with Crippen LogP contribution in [0.3, 0.4) is 0 Å². The van der Waals surface area contributed by atoms with Crippen molar-refractivity contribution in [3.8, 4) is 0 Å². The number of carbonyl (C=O) groups is 1. The van der Waals surface area contributed by atoms with Gasteiger partial charge in [0.2, 0.25) is 0 Å². The number of nitrogens with zero attached hydrogens (tertiary/aromatic N) is 1. The molecule has 14 heavy (non-hydrogen) atoms. The summed E-state index contributed by atoms with van der Waals surface area (Å²) in [5, 5.41) is 0.941. The monoisotopic (exact) mass is 230 g/mol. The van der Waals surface area contributed by atoms with E-state index in [1.165, 1.54) is 0 Å². The molecule has 0 bridgehead atoms. The molecule has 1 amide bonds. The van der Waals surface area contributed by atoms with Crippen molar-refractivity contribution in [3.63, 3.8) is 0 Å². The Morgan fingerprint density at radius 2 is 2.43 bits per heavy atom. The summed E-state index contributed by atoms with van der Waals surface area (Å²) in [6.07, 6.45) is 1.01. The Kier molecular flexibility index (Phi) is 5.24. The molecule has 0 unspecified atom stereocenters. The first-order valence-electron chi connectivity index (χ1n) is 3.92. The maximum Gasteiger partial charge on any atom is 0.404 e. The molecular weight excluding hydrogens is 220 g/mol. The first kappa shape index (κ1) is 11.2. The topological polar surface area (TPSA) is 65.2 Å². The van der Waals surface area contributed by atoms with Crippen LogP contribution >= 0.6 is 21.6 Å². The minimum Gasteiger partial charge on any atom is -0.449 e. The maximum atomic E-state index is 10.2. The van der Waals surface area contributed by atoms with E-state index in [1.807, 2.05) is 18.2 Å². The van der Waals surface area contributed by atoms with Crippen LogP contribution in [-0.4, -0.2) is 23.4 Å². The van der Waals surface area contributed by atoms with Crippen LogP contribution < -0.4 is 5.73 Å². The average Bonchev–Trinajstić information content (AvgIpc) is 2.18. The van der Waals surface area contributed by atoms with E-state index in [0.717, 1.165) is 5.03 Å². The molecule has 1 aromatic rings. The van der Waals surface area contributed by atoms with Gasteiger partial charge in [-0.1, -0.05) is 16.9 Å². The molecule has 0 spiro atoms. The van der Waals surface area contributed by atoms with Crippen molar-refractivity contribution in [1.29, 1.82) is 0 Å². The van der Waals surface area contributed by atoms with E-state index in [1.54, 1.807) is 27.8 Å². The molecule has 6 heteroatoms. The number of carbonyl (C=O) groups excluding carboxylic acids is 1. The van der Waals surface area contributed by atoms with Crippen LogP contribution in [0, 0.1) is 0 Å². The highest BCUT2D eigenvalue weighted by atomic mass is 33.1. The molecule has 76 valence electrons. The molecule has 2 N–H and O–H groups in total. The number of nitrogens with two attached hydrogens (primary N) is 1. The molecular formula is C8H10N2O2S2. The zero-order chi connectivity index (χ0) is 10.2. The number of primary amides is 1. The second-order valence-electron chi connectivity index (χ2n) is 2.24. The Labute approximate surface area is 90.0 Å². The van der Waals surface area contributed by atoms with Crippen molar-refractivity contribution in [1.82, 2.24) is 4.98 Å². The second kappa shape index (κ2) is 6.56. The fourth-order valence-electron chi connectivity index (χ4n) is 0.675. The third kappa shape index (κ3) is 4.98. The predicted molar refractivity (Wildman–Crippen MR) is 58.1 cm³/mol. The van der Waals surface area contributed by atoms with Gasteiger partial charge in [0.25, 0.3) is 0 Å². The Morgan fingerprint density at radius 3 is 3.07 bits per heavy atom. The summed E-state index contributed by atoms with van der Waals surface area (Å²) >= 11 is 0. The van der Waals surface area contributed by atoms with E-state index < -0.39 is 6.09 Å². The smallest absolute Gasteiger partial charge is 0.404 e. The van der Waals surface area contributed by atoms with E-state index in [4.69, 9.17) is 5.73 Å². The van der Waals surface area contributed by atoms with Gasteiger partial charge in [0, 0.05) is 11.9 Å². The molecule has 1 heterocycles. The highest BCUT2D eigenvalue weighted by molar-refractivity contribution is 8.76. The van der Waals surface area contributed by atoms with Crippen molar-refractivity contribution in [2.75, 3.05) is 12.4 Å². The normalized spacial score (nSPS) is 9.71. The number of pyridine rings is 1. The van der Waals surface area contributed by atoms with Crippen LogP contribution in [0.4, 0.5) is 4.79 Å². The minimum atomic E-state index is -0.728. The molecule has 4 nitrogen and oxygen atoms in total. The van der Waals surface area contributed by atoms with Gasteiger partial charge < -0.3 is 10.5 Å². The van der Waals surface area contributed by atoms with Gasteiger partial charge in [0.05, 0.1) is 0 Å². The second-order valence-corrected chi connectivity index (χ2v) is 4.68. The molecule has 0 aliphatic heterocycles. The van der Waals surface area contributed by atoms with Crippen molar-refractivity contribution in [3.05, 3.63) is 24.4 Å². The third-order valence-corrected chi connectivity index (χ3v) is 3.42. The molecule has 0 aliphatic rings. The minimum absolute atomic E-state index is 0.333. The van der Waals surface area contributed by atoms with Crippen molar-refractivity contribution >= 4 is 27.7 Å². The summed E-state index contributed by atoms with van der Waals surface area (Å²) < 4.78 is 4.56. The quantitative estimate of drug-likeness (QED) is 0.618. The average molecular weight is 230 g/mol. The highest BCUT2D eigenvalue weighted by Gasteiger charge is 1.96. The highest BCUT2D eigenvalue weighted by Crippen LogP contribution is 2.28. The molecule has 0 aromatic carbocycles. The number of ether oxygens (including phenoxy) is 1. The lowest BCUT2D eigenvalue weighted by atomic mass is 10.5. The maximum absolute atomic E-state index is 10.2. The summed E-state index contributed by atoms with van der Waals surface area (Å²) in [6.45, 7) is 0.333. The third-order valence-electron chi connectivity index (χ3n) is 1.19. The fraction of sp³-hybridized carbons (Fsp3) is 0.250. The first-order valence-corrected chi connectivity index (χ1v) is 6.23. The lowest BCUT2D eigenvalue weighted by Crippen LogP contribution is -2.14. The van der Waals surface area contributed by atoms with Gasteiger partial charge in [-0.15, -0.1) is 0 Å². The lowest BCUT2D eigenvalue weighted by Gasteiger charge is -2.00. The van der Waals surface area contributed by atoms with Gasteiger partial charge in [0.15, 0.2) is 0 Å². The summed E-state index contributed by atoms with van der Waals surface area (Å²) in [7, 11) is 3.12. The van der Waals surface area contributed by atoms with E-state index in [2.05, 4.69) is 9.72 Å². The molecule has 0 aliphatic carbocycles. The largest absolute Gasteiger partial charge is 0.449 e. The number of aromatic nitrogens is 1. The van der Waals surface area contributed by atoms with Crippen LogP contribution in [0.15, 0.2) is 29.4 Å². The Morgan fingerprint density at radius 1 is 1.57 bits per heavy atom. The van der Waals surface area contributed by atoms with Crippen LogP contribution in [0.2, 0.25) is 0 Å². The van der Waals surface area contributed by atoms with E-state index >= 15 is 0 Å². The Balaban J connectivity index is 2.08. The Bertz CT molecular complexity index is 282. The van der Waals surface area contributed by atoms with Gasteiger partial charge in [-0.25, -0.2) is 9.78 Å². The standard InChI is InChI=1S/C8H10N2O2S2/c9-8(11)12-5-6-13-14-7-3-1-2-4-10-7/h1-4H,5-6H2,(H2,9,11). The molecule has 0 saturated heterocycles. The fourth-order valence-corrected chi connectivity index (χ4v) is 2.38. The molecule has 0 fully saturated rings. The van der Waals surface area contributed by atoms with Gasteiger partial charge in [-0.2, -0.15) is 0 Å². The zero-order valence-electron chi connectivity index (χ0n) is 7.38. The van der Waals surface area contributed by atoms with Crippen molar-refractivity contribution in [2.24, 2.45) is 5.73 Å². The van der Waals surface area contributed by atoms with E-state index in [-0.39, 0.29) is 0 Å². The molecule has 0 saturated carbocycles. The number of rotatable bonds is 5. The number of amides is 1. The number of hydrogen-bond acceptors (Lipinski definition) is 5. The van der Waals surface area contributed by atoms with Crippen molar-refractivity contribution < 1.29 is 9.53 Å². The summed E-state index contributed by atoms with van der Waals surface area (Å²) in [6, 6.07) is 5.72. The van der Waals surface area contributed by atoms with E-state index in [0.29, 0.717) is 12.4 Å². The molecule has 1 aromatic heterocycles. The van der Waals surface area contributed by atoms with Crippen LogP contribution in [-0.2, 0) is 4.74 Å². The zero-order valence-corrected chi connectivity index (χ0v) is 9.01. The Hall–Kier alpha value is -0.880. The van der Waals surface area contributed by atoms with E-state index in [9.17, 15) is 4.79 Å². The predicted octanol–water partition coefficient (Wildman–Crippen LogP) is 1.92. The van der Waals surface area contributed by atoms with Crippen LogP contribution in [0.25, 0.3) is 0 Å². The summed E-state index contributed by atoms with van der Waals surface area (Å²) in [5.74, 6) is 0.699. The molecule has 1 rings (SSSR count). The van der Waals surface area contributed by atoms with Gasteiger partial charge >= 0.3 is 6.09 Å². The summed E-state index contributed by atoms with van der Waals surface area (Å²) in [4.78, 5) is 14.3. The molecule has 0 atom stereocenters. The van der Waals surface area contributed by atoms with Crippen molar-refractivity contribution in [2.45, 2.75) is 5.03 Å². The van der Waals surface area contributed by atoms with Gasteiger partial charge in [0.1, 0.15) is 11.6 Å². The van der Waals surface area contributed by atoms with Gasteiger partial charge in [-0.05, 0) is 22.9 Å². The SMILES string of the molecule is NC(=O)OCCSSc1ccccn1. The van der Waals surface area contributed by atoms with Gasteiger partial charge in [-0.3, -0.25) is 0 Å².